The van der Waals surface area contributed by atoms with Crippen LogP contribution in [0.1, 0.15) is 25.1 Å². The molecule has 182 valence electrons. The van der Waals surface area contributed by atoms with Gasteiger partial charge in [0.05, 0.1) is 28.3 Å². The molecule has 0 aliphatic carbocycles. The molecule has 0 aliphatic rings. The van der Waals surface area contributed by atoms with E-state index in [-0.39, 0.29) is 5.52 Å². The lowest BCUT2D eigenvalue weighted by atomic mass is 10.1. The molecular weight excluding hydrogens is 445 g/mol. The summed E-state index contributed by atoms with van der Waals surface area (Å²) in [5.74, 6) is 4.85. The Kier molecular flexibility index (Phi) is 8.33. The van der Waals surface area contributed by atoms with Crippen molar-refractivity contribution in [1.82, 2.24) is 24.9 Å². The third-order valence-corrected chi connectivity index (χ3v) is 5.24. The normalized spacial score (nSPS) is 11.4. The maximum Gasteiger partial charge on any atom is 0.153 e. The first-order valence-corrected chi connectivity index (χ1v) is 11.0. The van der Waals surface area contributed by atoms with E-state index in [9.17, 15) is 4.39 Å². The van der Waals surface area contributed by atoms with Crippen molar-refractivity contribution in [3.8, 4) is 5.69 Å². The summed E-state index contributed by atoms with van der Waals surface area (Å²) in [5.41, 5.74) is 6.02. The third kappa shape index (κ3) is 5.91. The van der Waals surface area contributed by atoms with Crippen LogP contribution in [0.25, 0.3) is 22.3 Å². The van der Waals surface area contributed by atoms with Crippen LogP contribution < -0.4 is 16.5 Å². The molecule has 0 radical (unpaired) electrons. The zero-order chi connectivity index (χ0) is 25.4. The van der Waals surface area contributed by atoms with Crippen LogP contribution in [0.2, 0.25) is 0 Å². The Labute approximate surface area is 203 Å². The van der Waals surface area contributed by atoms with Crippen LogP contribution in [0.5, 0.6) is 0 Å². The zero-order valence-electron chi connectivity index (χ0n) is 20.3. The average Bonchev–Trinajstić information content (AvgIpc) is 3.49. The van der Waals surface area contributed by atoms with Gasteiger partial charge in [0.25, 0.3) is 0 Å². The predicted octanol–water partition coefficient (Wildman–Crippen LogP) is 4.42. The molecule has 4 rings (SSSR count). The largest absolute Gasteiger partial charge is 0.386 e. The molecule has 2 heterocycles. The molecule has 4 N–H and O–H groups in total. The minimum absolute atomic E-state index is 0.231. The molecule has 0 saturated heterocycles. The summed E-state index contributed by atoms with van der Waals surface area (Å²) < 4.78 is 16.2. The van der Waals surface area contributed by atoms with E-state index < -0.39 is 5.82 Å². The second kappa shape index (κ2) is 11.6. The predicted molar refractivity (Wildman–Crippen MR) is 142 cm³/mol. The Bertz CT molecular complexity index is 1360. The van der Waals surface area contributed by atoms with Gasteiger partial charge in [0.2, 0.25) is 0 Å². The van der Waals surface area contributed by atoms with E-state index in [2.05, 4.69) is 37.6 Å². The lowest BCUT2D eigenvalue weighted by molar-refractivity contribution is 0.635. The Balaban J connectivity index is 0.000000363. The number of benzene rings is 2. The molecule has 10 heteroatoms. The summed E-state index contributed by atoms with van der Waals surface area (Å²) in [6.07, 6.45) is 7.81. The SMILES string of the molecule is C=CNc1ccc(-n2nnc3c(F)cc(/C(C)=C/C=NC)cc32)cc1NC.CCc1ccn(N)n1. The lowest BCUT2D eigenvalue weighted by Crippen LogP contribution is -2.08. The Morgan fingerprint density at radius 3 is 2.63 bits per heavy atom. The number of rotatable bonds is 7. The number of nitrogens with one attached hydrogen (secondary N) is 2. The maximum absolute atomic E-state index is 14.6. The molecular formula is C25H30FN9. The van der Waals surface area contributed by atoms with E-state index in [0.717, 1.165) is 40.3 Å². The van der Waals surface area contributed by atoms with Crippen LogP contribution in [-0.4, -0.2) is 45.2 Å². The molecule has 0 unspecified atom stereocenters. The second-order valence-electron chi connectivity index (χ2n) is 7.55. The molecule has 0 fully saturated rings. The summed E-state index contributed by atoms with van der Waals surface area (Å²) in [4.78, 5) is 5.26. The van der Waals surface area contributed by atoms with Crippen molar-refractivity contribution in [2.24, 2.45) is 4.99 Å². The van der Waals surface area contributed by atoms with Crippen molar-refractivity contribution < 1.29 is 4.39 Å². The number of allylic oxidation sites excluding steroid dienone is 2. The van der Waals surface area contributed by atoms with Crippen molar-refractivity contribution in [3.05, 3.63) is 78.5 Å². The van der Waals surface area contributed by atoms with Gasteiger partial charge >= 0.3 is 0 Å². The van der Waals surface area contributed by atoms with Crippen LogP contribution in [0.15, 0.2) is 66.4 Å². The standard InChI is InChI=1S/C20H21FN6.C5H9N3/c1-5-24-17-7-6-15(12-18(17)23-4)27-19-11-14(13(2)8-9-22-3)10-16(21)20(19)25-26-27;1-2-5-3-4-8(6)7-5/h5-12,23-24H,1H2,2-4H3;3-4H,2,6H2,1H3/b13-8+,22-9?;. The molecule has 0 aliphatic heterocycles. The topological polar surface area (TPSA) is 111 Å². The first kappa shape index (κ1) is 25.2. The van der Waals surface area contributed by atoms with E-state index >= 15 is 0 Å². The minimum atomic E-state index is -0.409. The van der Waals surface area contributed by atoms with Gasteiger partial charge in [0.15, 0.2) is 5.82 Å². The molecule has 0 amide bonds. The molecule has 0 atom stereocenters. The Morgan fingerprint density at radius 1 is 1.23 bits per heavy atom. The van der Waals surface area contributed by atoms with E-state index in [1.807, 2.05) is 57.3 Å². The van der Waals surface area contributed by atoms with E-state index in [1.54, 1.807) is 30.3 Å². The molecule has 2 aromatic heterocycles. The summed E-state index contributed by atoms with van der Waals surface area (Å²) in [6, 6.07) is 10.9. The number of nitrogens with two attached hydrogens (primary N) is 1. The average molecular weight is 476 g/mol. The molecule has 35 heavy (non-hydrogen) atoms. The summed E-state index contributed by atoms with van der Waals surface area (Å²) in [7, 11) is 3.52. The van der Waals surface area contributed by atoms with Crippen molar-refractivity contribution >= 4 is 34.2 Å². The summed E-state index contributed by atoms with van der Waals surface area (Å²) >= 11 is 0. The summed E-state index contributed by atoms with van der Waals surface area (Å²) in [6.45, 7) is 7.63. The van der Waals surface area contributed by atoms with Gasteiger partial charge in [-0.15, -0.1) is 5.10 Å². The van der Waals surface area contributed by atoms with Crippen LogP contribution in [0, 0.1) is 5.82 Å². The van der Waals surface area contributed by atoms with Gasteiger partial charge < -0.3 is 16.5 Å². The highest BCUT2D eigenvalue weighted by molar-refractivity contribution is 5.87. The highest BCUT2D eigenvalue weighted by Gasteiger charge is 2.14. The molecule has 2 aromatic carbocycles. The van der Waals surface area contributed by atoms with Crippen LogP contribution in [0.3, 0.4) is 0 Å². The molecule has 9 nitrogen and oxygen atoms in total. The fourth-order valence-corrected chi connectivity index (χ4v) is 3.36. The number of hydrogen-bond donors (Lipinski definition) is 3. The molecule has 0 saturated carbocycles. The number of nitrogens with zero attached hydrogens (tertiary/aromatic N) is 6. The van der Waals surface area contributed by atoms with Gasteiger partial charge in [-0.2, -0.15) is 9.89 Å². The fraction of sp³-hybridized carbons (Fsp3) is 0.200. The first-order valence-electron chi connectivity index (χ1n) is 11.0. The van der Waals surface area contributed by atoms with E-state index in [4.69, 9.17) is 5.84 Å². The van der Waals surface area contributed by atoms with Gasteiger partial charge in [-0.25, -0.2) is 9.07 Å². The number of halogens is 1. The fourth-order valence-electron chi connectivity index (χ4n) is 3.36. The smallest absolute Gasteiger partial charge is 0.153 e. The van der Waals surface area contributed by atoms with Gasteiger partial charge in [0.1, 0.15) is 5.52 Å². The Morgan fingerprint density at radius 2 is 2.03 bits per heavy atom. The van der Waals surface area contributed by atoms with Crippen LogP contribution in [0.4, 0.5) is 15.8 Å². The third-order valence-electron chi connectivity index (χ3n) is 5.24. The van der Waals surface area contributed by atoms with Crippen LogP contribution in [-0.2, 0) is 6.42 Å². The summed E-state index contributed by atoms with van der Waals surface area (Å²) in [5, 5.41) is 18.3. The van der Waals surface area contributed by atoms with E-state index in [0.29, 0.717) is 5.52 Å². The van der Waals surface area contributed by atoms with Gasteiger partial charge in [-0.05, 0) is 73.2 Å². The number of aromatic nitrogens is 5. The van der Waals surface area contributed by atoms with E-state index in [1.165, 1.54) is 10.9 Å². The number of aryl methyl sites for hydroxylation is 1. The second-order valence-corrected chi connectivity index (χ2v) is 7.55. The van der Waals surface area contributed by atoms with Gasteiger partial charge in [-0.3, -0.25) is 4.99 Å². The van der Waals surface area contributed by atoms with Gasteiger partial charge in [-0.1, -0.05) is 18.7 Å². The lowest BCUT2D eigenvalue weighted by Gasteiger charge is -2.11. The van der Waals surface area contributed by atoms with Crippen LogP contribution >= 0.6 is 0 Å². The van der Waals surface area contributed by atoms with Crippen molar-refractivity contribution in [2.75, 3.05) is 30.6 Å². The molecule has 0 bridgehead atoms. The van der Waals surface area contributed by atoms with Crippen molar-refractivity contribution in [2.45, 2.75) is 20.3 Å². The first-order chi connectivity index (χ1) is 16.9. The van der Waals surface area contributed by atoms with Crippen molar-refractivity contribution in [1.29, 1.82) is 0 Å². The number of aliphatic imine (C=N–C) groups is 1. The minimum Gasteiger partial charge on any atom is -0.386 e. The Hall–Kier alpha value is -4.47. The quantitative estimate of drug-likeness (QED) is 0.270. The zero-order valence-corrected chi connectivity index (χ0v) is 20.3. The molecule has 4 aromatic rings. The van der Waals surface area contributed by atoms with Gasteiger partial charge in [0, 0.05) is 26.5 Å². The monoisotopic (exact) mass is 475 g/mol. The number of anilines is 2. The number of hydrogen-bond acceptors (Lipinski definition) is 7. The highest BCUT2D eigenvalue weighted by atomic mass is 19.1. The highest BCUT2D eigenvalue weighted by Crippen LogP contribution is 2.28. The van der Waals surface area contributed by atoms with Crippen molar-refractivity contribution in [3.63, 3.8) is 0 Å². The maximum atomic E-state index is 14.6. The number of fused-ring (bicyclic) bond motifs is 1. The molecule has 0 spiro atoms. The number of nitrogen functional groups attached to an aromatic ring is 1.